The Bertz CT molecular complexity index is 469. The van der Waals surface area contributed by atoms with Gasteiger partial charge in [0.1, 0.15) is 0 Å². The van der Waals surface area contributed by atoms with Crippen LogP contribution >= 0.6 is 24.0 Å². The molecule has 0 saturated carbocycles. The molecule has 0 spiro atoms. The monoisotopic (exact) mass is 418 g/mol. The van der Waals surface area contributed by atoms with Crippen LogP contribution in [0.5, 0.6) is 0 Å². The number of amides is 1. The molecule has 5 nitrogen and oxygen atoms in total. The molecule has 0 radical (unpaired) electrons. The van der Waals surface area contributed by atoms with Crippen molar-refractivity contribution in [1.82, 2.24) is 16.0 Å². The van der Waals surface area contributed by atoms with Crippen molar-refractivity contribution in [2.24, 2.45) is 4.99 Å². The van der Waals surface area contributed by atoms with Crippen LogP contribution in [0.15, 0.2) is 35.3 Å². The second-order valence-electron chi connectivity index (χ2n) is 5.89. The second kappa shape index (κ2) is 10.4. The number of carbonyl (C=O) groups excluding carboxylic acids is 1. The third kappa shape index (κ3) is 9.59. The summed E-state index contributed by atoms with van der Waals surface area (Å²) < 4.78 is 0. The highest BCUT2D eigenvalue weighted by Gasteiger charge is 2.11. The van der Waals surface area contributed by atoms with Crippen LogP contribution in [-0.4, -0.2) is 31.0 Å². The van der Waals surface area contributed by atoms with Gasteiger partial charge in [0.2, 0.25) is 5.91 Å². The fraction of sp³-hybridized carbons (Fsp3) is 0.500. The van der Waals surface area contributed by atoms with E-state index in [4.69, 9.17) is 0 Å². The van der Waals surface area contributed by atoms with E-state index in [2.05, 4.69) is 41.7 Å². The summed E-state index contributed by atoms with van der Waals surface area (Å²) in [7, 11) is 1.72. The van der Waals surface area contributed by atoms with Crippen molar-refractivity contribution in [1.29, 1.82) is 0 Å². The van der Waals surface area contributed by atoms with E-state index < -0.39 is 0 Å². The largest absolute Gasteiger partial charge is 0.356 e. The van der Waals surface area contributed by atoms with Crippen molar-refractivity contribution < 1.29 is 4.79 Å². The smallest absolute Gasteiger partial charge is 0.222 e. The SMILES string of the molecule is CN=C(NCCC(=O)NCc1ccccc1)NC(C)(C)C.I. The molecule has 1 rings (SSSR count). The van der Waals surface area contributed by atoms with Gasteiger partial charge in [-0.25, -0.2) is 0 Å². The van der Waals surface area contributed by atoms with E-state index in [0.29, 0.717) is 25.5 Å². The van der Waals surface area contributed by atoms with Gasteiger partial charge in [0.25, 0.3) is 0 Å². The van der Waals surface area contributed by atoms with Gasteiger partial charge < -0.3 is 16.0 Å². The molecular weight excluding hydrogens is 391 g/mol. The van der Waals surface area contributed by atoms with Crippen molar-refractivity contribution in [2.75, 3.05) is 13.6 Å². The second-order valence-corrected chi connectivity index (χ2v) is 5.89. The molecule has 0 fully saturated rings. The number of aliphatic imine (C=N–C) groups is 1. The maximum absolute atomic E-state index is 11.8. The third-order valence-corrected chi connectivity index (χ3v) is 2.69. The van der Waals surface area contributed by atoms with Crippen LogP contribution in [0.2, 0.25) is 0 Å². The minimum Gasteiger partial charge on any atom is -0.356 e. The number of rotatable bonds is 5. The van der Waals surface area contributed by atoms with Gasteiger partial charge in [-0.15, -0.1) is 24.0 Å². The molecule has 0 saturated heterocycles. The minimum absolute atomic E-state index is 0. The molecule has 6 heteroatoms. The van der Waals surface area contributed by atoms with Crippen molar-refractivity contribution >= 4 is 35.8 Å². The maximum atomic E-state index is 11.8. The molecule has 124 valence electrons. The van der Waals surface area contributed by atoms with Gasteiger partial charge >= 0.3 is 0 Å². The average Bonchev–Trinajstić information content (AvgIpc) is 2.44. The van der Waals surface area contributed by atoms with Crippen LogP contribution in [0.25, 0.3) is 0 Å². The molecule has 3 N–H and O–H groups in total. The van der Waals surface area contributed by atoms with E-state index in [1.165, 1.54) is 0 Å². The summed E-state index contributed by atoms with van der Waals surface area (Å²) in [5, 5.41) is 9.28. The lowest BCUT2D eigenvalue weighted by molar-refractivity contribution is -0.121. The van der Waals surface area contributed by atoms with Gasteiger partial charge in [0.15, 0.2) is 5.96 Å². The minimum atomic E-state index is -0.0581. The predicted octanol–water partition coefficient (Wildman–Crippen LogP) is 2.27. The lowest BCUT2D eigenvalue weighted by Crippen LogP contribution is -2.48. The predicted molar refractivity (Wildman–Crippen MR) is 103 cm³/mol. The van der Waals surface area contributed by atoms with Crippen LogP contribution in [0.1, 0.15) is 32.8 Å². The van der Waals surface area contributed by atoms with Crippen LogP contribution in [-0.2, 0) is 11.3 Å². The summed E-state index contributed by atoms with van der Waals surface area (Å²) in [6.45, 7) is 7.30. The average molecular weight is 418 g/mol. The highest BCUT2D eigenvalue weighted by atomic mass is 127. The zero-order chi connectivity index (χ0) is 15.7. The van der Waals surface area contributed by atoms with Crippen LogP contribution in [0, 0.1) is 0 Å². The van der Waals surface area contributed by atoms with Gasteiger partial charge in [0, 0.05) is 32.1 Å². The van der Waals surface area contributed by atoms with E-state index in [0.717, 1.165) is 5.56 Å². The third-order valence-electron chi connectivity index (χ3n) is 2.69. The molecule has 1 aromatic rings. The lowest BCUT2D eigenvalue weighted by Gasteiger charge is -2.23. The van der Waals surface area contributed by atoms with Crippen molar-refractivity contribution in [3.05, 3.63) is 35.9 Å². The number of hydrogen-bond donors (Lipinski definition) is 3. The molecule has 22 heavy (non-hydrogen) atoms. The molecule has 0 aliphatic carbocycles. The Morgan fingerprint density at radius 1 is 1.14 bits per heavy atom. The fourth-order valence-corrected chi connectivity index (χ4v) is 1.71. The van der Waals surface area contributed by atoms with E-state index >= 15 is 0 Å². The first-order valence-electron chi connectivity index (χ1n) is 7.20. The zero-order valence-corrected chi connectivity index (χ0v) is 16.1. The van der Waals surface area contributed by atoms with Gasteiger partial charge in [-0.2, -0.15) is 0 Å². The van der Waals surface area contributed by atoms with E-state index in [-0.39, 0.29) is 35.4 Å². The Kier molecular flexibility index (Phi) is 9.80. The number of nitrogens with one attached hydrogen (secondary N) is 3. The molecule has 0 bridgehead atoms. The molecule has 0 atom stereocenters. The molecule has 0 aromatic heterocycles. The maximum Gasteiger partial charge on any atom is 0.222 e. The lowest BCUT2D eigenvalue weighted by atomic mass is 10.1. The quantitative estimate of drug-likeness (QED) is 0.391. The van der Waals surface area contributed by atoms with E-state index in [9.17, 15) is 4.79 Å². The van der Waals surface area contributed by atoms with E-state index in [1.807, 2.05) is 30.3 Å². The topological polar surface area (TPSA) is 65.5 Å². The summed E-state index contributed by atoms with van der Waals surface area (Å²) in [4.78, 5) is 15.9. The highest BCUT2D eigenvalue weighted by molar-refractivity contribution is 14.0. The Labute approximate surface area is 150 Å². The van der Waals surface area contributed by atoms with Gasteiger partial charge in [-0.3, -0.25) is 9.79 Å². The standard InChI is InChI=1S/C16H26N4O.HI/c1-16(2,3)20-15(17-4)18-11-10-14(21)19-12-13-8-6-5-7-9-13;/h5-9H,10-12H2,1-4H3,(H,19,21)(H2,17,18,20);1H. The number of guanidine groups is 1. The summed E-state index contributed by atoms with van der Waals surface area (Å²) >= 11 is 0. The normalized spacial score (nSPS) is 11.4. The van der Waals surface area contributed by atoms with Gasteiger partial charge in [0.05, 0.1) is 0 Å². The number of halogens is 1. The van der Waals surface area contributed by atoms with Crippen molar-refractivity contribution in [3.8, 4) is 0 Å². The summed E-state index contributed by atoms with van der Waals surface area (Å²) in [5.41, 5.74) is 1.04. The van der Waals surface area contributed by atoms with Gasteiger partial charge in [-0.1, -0.05) is 30.3 Å². The number of hydrogen-bond acceptors (Lipinski definition) is 2. The van der Waals surface area contributed by atoms with Crippen molar-refractivity contribution in [2.45, 2.75) is 39.3 Å². The number of benzene rings is 1. The zero-order valence-electron chi connectivity index (χ0n) is 13.8. The molecule has 0 aliphatic rings. The van der Waals surface area contributed by atoms with Crippen LogP contribution in [0.3, 0.4) is 0 Å². The Morgan fingerprint density at radius 3 is 2.32 bits per heavy atom. The fourth-order valence-electron chi connectivity index (χ4n) is 1.71. The molecule has 1 amide bonds. The summed E-state index contributed by atoms with van der Waals surface area (Å²) in [5.74, 6) is 0.732. The number of carbonyl (C=O) groups is 1. The molecule has 0 heterocycles. The Hall–Kier alpha value is -1.31. The van der Waals surface area contributed by atoms with Gasteiger partial charge in [-0.05, 0) is 26.3 Å². The van der Waals surface area contributed by atoms with Crippen molar-refractivity contribution in [3.63, 3.8) is 0 Å². The first-order valence-corrected chi connectivity index (χ1v) is 7.20. The highest BCUT2D eigenvalue weighted by Crippen LogP contribution is 1.98. The van der Waals surface area contributed by atoms with E-state index in [1.54, 1.807) is 7.05 Å². The Balaban J connectivity index is 0.00000441. The molecule has 0 unspecified atom stereocenters. The molecular formula is C16H27IN4O. The summed E-state index contributed by atoms with van der Waals surface area (Å²) in [6.07, 6.45) is 0.414. The Morgan fingerprint density at radius 2 is 1.77 bits per heavy atom. The van der Waals surface area contributed by atoms with Crippen LogP contribution in [0.4, 0.5) is 0 Å². The number of nitrogens with zero attached hydrogens (tertiary/aromatic N) is 1. The first-order chi connectivity index (χ1) is 9.90. The first kappa shape index (κ1) is 20.7. The van der Waals surface area contributed by atoms with Crippen LogP contribution < -0.4 is 16.0 Å². The summed E-state index contributed by atoms with van der Waals surface area (Å²) in [6, 6.07) is 9.88. The molecule has 1 aromatic carbocycles. The molecule has 0 aliphatic heterocycles.